The van der Waals surface area contributed by atoms with Gasteiger partial charge in [0.25, 0.3) is 0 Å². The maximum absolute atomic E-state index is 11.0. The lowest BCUT2D eigenvalue weighted by Crippen LogP contribution is -2.22. The van der Waals surface area contributed by atoms with E-state index in [1.165, 1.54) is 5.46 Å². The highest BCUT2D eigenvalue weighted by Gasteiger charge is 2.04. The zero-order valence-corrected chi connectivity index (χ0v) is 7.79. The first-order chi connectivity index (χ1) is 5.61. The van der Waals surface area contributed by atoms with Gasteiger partial charge in [-0.1, -0.05) is 43.4 Å². The second-order valence-corrected chi connectivity index (χ2v) is 3.34. The summed E-state index contributed by atoms with van der Waals surface area (Å²) < 4.78 is 0. The minimum atomic E-state index is 0.137. The number of Topliss-reactive ketones (excluding diaryl/α,β-unsaturated/α-hetero) is 1. The molecule has 0 aliphatic carbocycles. The van der Waals surface area contributed by atoms with Crippen molar-refractivity contribution in [2.24, 2.45) is 0 Å². The van der Waals surface area contributed by atoms with Crippen molar-refractivity contribution in [1.82, 2.24) is 0 Å². The Morgan fingerprint density at radius 2 is 2.00 bits per heavy atom. The van der Waals surface area contributed by atoms with Gasteiger partial charge in [-0.25, -0.2) is 0 Å². The van der Waals surface area contributed by atoms with Crippen LogP contribution in [0.15, 0.2) is 24.3 Å². The normalized spacial score (nSPS) is 9.58. The van der Waals surface area contributed by atoms with Crippen molar-refractivity contribution in [1.29, 1.82) is 0 Å². The van der Waals surface area contributed by atoms with Crippen LogP contribution in [0.4, 0.5) is 0 Å². The molecule has 0 aliphatic heterocycles. The molecule has 1 rings (SSSR count). The van der Waals surface area contributed by atoms with E-state index in [1.54, 1.807) is 6.92 Å². The van der Waals surface area contributed by atoms with Gasteiger partial charge in [-0.15, -0.1) is 0 Å². The second kappa shape index (κ2) is 3.57. The zero-order valence-electron chi connectivity index (χ0n) is 7.79. The van der Waals surface area contributed by atoms with E-state index < -0.39 is 0 Å². The lowest BCUT2D eigenvalue weighted by molar-refractivity contribution is 0.101. The third-order valence-electron chi connectivity index (χ3n) is 1.96. The molecule has 0 saturated carbocycles. The van der Waals surface area contributed by atoms with Crippen molar-refractivity contribution in [3.63, 3.8) is 0 Å². The van der Waals surface area contributed by atoms with E-state index in [-0.39, 0.29) is 5.78 Å². The Balaban J connectivity index is 3.04. The Labute approximate surface area is 73.9 Å². The van der Waals surface area contributed by atoms with Crippen LogP contribution in [0.1, 0.15) is 17.3 Å². The van der Waals surface area contributed by atoms with Gasteiger partial charge >= 0.3 is 0 Å². The molecular formula is C10H13BO. The van der Waals surface area contributed by atoms with Crippen LogP contribution in [-0.4, -0.2) is 12.5 Å². The Bertz CT molecular complexity index is 292. The Kier molecular flexibility index (Phi) is 2.69. The monoisotopic (exact) mass is 160 g/mol. The van der Waals surface area contributed by atoms with Gasteiger partial charge in [0.2, 0.25) is 0 Å². The fourth-order valence-corrected chi connectivity index (χ4v) is 1.12. The average Bonchev–Trinajstić information content (AvgIpc) is 2.04. The number of hydrogen-bond acceptors (Lipinski definition) is 1. The highest BCUT2D eigenvalue weighted by Crippen LogP contribution is 1.98. The van der Waals surface area contributed by atoms with Gasteiger partial charge in [-0.3, -0.25) is 4.79 Å². The largest absolute Gasteiger partial charge is 0.295 e. The van der Waals surface area contributed by atoms with E-state index in [0.29, 0.717) is 6.71 Å². The number of ketones is 1. The molecule has 0 aliphatic rings. The first kappa shape index (κ1) is 9.05. The number of rotatable bonds is 2. The number of hydrogen-bond donors (Lipinski definition) is 0. The first-order valence-electron chi connectivity index (χ1n) is 4.22. The van der Waals surface area contributed by atoms with Gasteiger partial charge in [0.05, 0.1) is 0 Å². The predicted octanol–water partition coefficient (Wildman–Crippen LogP) is 1.85. The fraction of sp³-hybridized carbons (Fsp3) is 0.300. The standard InChI is InChI=1S/C10H13BO/c1-8(12)9-5-4-6-10(7-9)11(2)3/h4-7H,1-3H3. The maximum atomic E-state index is 11.0. The fourth-order valence-electron chi connectivity index (χ4n) is 1.12. The highest BCUT2D eigenvalue weighted by atomic mass is 16.1. The molecule has 0 saturated heterocycles. The third-order valence-corrected chi connectivity index (χ3v) is 1.96. The maximum Gasteiger partial charge on any atom is 0.169 e. The van der Waals surface area contributed by atoms with Crippen molar-refractivity contribution in [2.45, 2.75) is 20.6 Å². The van der Waals surface area contributed by atoms with Gasteiger partial charge in [-0.2, -0.15) is 0 Å². The van der Waals surface area contributed by atoms with Crippen LogP contribution in [0.3, 0.4) is 0 Å². The van der Waals surface area contributed by atoms with Crippen molar-refractivity contribution in [2.75, 3.05) is 0 Å². The number of carbonyl (C=O) groups excluding carboxylic acids is 1. The Morgan fingerprint density at radius 3 is 2.50 bits per heavy atom. The predicted molar refractivity (Wildman–Crippen MR) is 53.6 cm³/mol. The summed E-state index contributed by atoms with van der Waals surface area (Å²) in [6.45, 7) is 6.34. The summed E-state index contributed by atoms with van der Waals surface area (Å²) >= 11 is 0. The van der Waals surface area contributed by atoms with Gasteiger partial charge in [0.15, 0.2) is 12.5 Å². The van der Waals surface area contributed by atoms with E-state index >= 15 is 0 Å². The lowest BCUT2D eigenvalue weighted by Gasteiger charge is -2.03. The van der Waals surface area contributed by atoms with Crippen molar-refractivity contribution in [3.05, 3.63) is 29.8 Å². The second-order valence-electron chi connectivity index (χ2n) is 3.34. The lowest BCUT2D eigenvalue weighted by atomic mass is 9.49. The molecule has 0 atom stereocenters. The molecular weight excluding hydrogens is 147 g/mol. The van der Waals surface area contributed by atoms with E-state index in [9.17, 15) is 4.79 Å². The van der Waals surface area contributed by atoms with E-state index in [4.69, 9.17) is 0 Å². The zero-order chi connectivity index (χ0) is 9.14. The van der Waals surface area contributed by atoms with Crippen LogP contribution < -0.4 is 5.46 Å². The van der Waals surface area contributed by atoms with Crippen LogP contribution in [-0.2, 0) is 0 Å². The summed E-state index contributed by atoms with van der Waals surface area (Å²) in [4.78, 5) is 11.0. The first-order valence-corrected chi connectivity index (χ1v) is 4.22. The molecule has 0 radical (unpaired) electrons. The molecule has 0 amide bonds. The van der Waals surface area contributed by atoms with Crippen LogP contribution in [0.25, 0.3) is 0 Å². The SMILES string of the molecule is CB(C)c1cccc(C(C)=O)c1. The third kappa shape index (κ3) is 1.97. The Hall–Kier alpha value is -1.05. The van der Waals surface area contributed by atoms with Crippen LogP contribution in [0.2, 0.25) is 13.6 Å². The molecule has 0 heterocycles. The number of benzene rings is 1. The average molecular weight is 160 g/mol. The van der Waals surface area contributed by atoms with Crippen LogP contribution in [0, 0.1) is 0 Å². The highest BCUT2D eigenvalue weighted by molar-refractivity contribution is 6.70. The van der Waals surface area contributed by atoms with Crippen molar-refractivity contribution >= 4 is 18.0 Å². The van der Waals surface area contributed by atoms with E-state index in [1.807, 2.05) is 18.2 Å². The Morgan fingerprint density at radius 1 is 1.33 bits per heavy atom. The summed E-state index contributed by atoms with van der Waals surface area (Å²) in [6.07, 6.45) is 0. The van der Waals surface area contributed by atoms with Crippen molar-refractivity contribution in [3.8, 4) is 0 Å². The van der Waals surface area contributed by atoms with Crippen LogP contribution in [0.5, 0.6) is 0 Å². The topological polar surface area (TPSA) is 17.1 Å². The molecule has 62 valence electrons. The molecule has 1 nitrogen and oxygen atoms in total. The molecule has 1 aromatic rings. The molecule has 0 N–H and O–H groups in total. The van der Waals surface area contributed by atoms with Crippen LogP contribution >= 0.6 is 0 Å². The quantitative estimate of drug-likeness (QED) is 0.476. The molecule has 1 aromatic carbocycles. The summed E-state index contributed by atoms with van der Waals surface area (Å²) in [6, 6.07) is 7.81. The van der Waals surface area contributed by atoms with Gasteiger partial charge in [0.1, 0.15) is 0 Å². The number of carbonyl (C=O) groups is 1. The molecule has 2 heteroatoms. The minimum Gasteiger partial charge on any atom is -0.295 e. The molecule has 0 bridgehead atoms. The minimum absolute atomic E-state index is 0.137. The van der Waals surface area contributed by atoms with Gasteiger partial charge in [-0.05, 0) is 6.92 Å². The molecule has 0 unspecified atom stereocenters. The van der Waals surface area contributed by atoms with Gasteiger partial charge < -0.3 is 0 Å². The summed E-state index contributed by atoms with van der Waals surface area (Å²) in [5, 5.41) is 0. The van der Waals surface area contributed by atoms with Crippen molar-refractivity contribution < 1.29 is 4.79 Å². The van der Waals surface area contributed by atoms with Gasteiger partial charge in [0, 0.05) is 5.56 Å². The van der Waals surface area contributed by atoms with E-state index in [2.05, 4.69) is 19.7 Å². The molecule has 12 heavy (non-hydrogen) atoms. The molecule has 0 aromatic heterocycles. The smallest absolute Gasteiger partial charge is 0.169 e. The summed E-state index contributed by atoms with van der Waals surface area (Å²) in [5.41, 5.74) is 2.03. The van der Waals surface area contributed by atoms with E-state index in [0.717, 1.165) is 5.56 Å². The summed E-state index contributed by atoms with van der Waals surface area (Å²) in [7, 11) is 0. The molecule has 0 fully saturated rings. The molecule has 0 spiro atoms. The summed E-state index contributed by atoms with van der Waals surface area (Å²) in [5.74, 6) is 0.137.